The zero-order valence-electron chi connectivity index (χ0n) is 13.4. The van der Waals surface area contributed by atoms with Gasteiger partial charge in [0.15, 0.2) is 0 Å². The van der Waals surface area contributed by atoms with E-state index in [-0.39, 0.29) is 5.91 Å². The van der Waals surface area contributed by atoms with Crippen LogP contribution in [0.3, 0.4) is 0 Å². The first-order chi connectivity index (χ1) is 11.2. The van der Waals surface area contributed by atoms with Crippen molar-refractivity contribution >= 4 is 22.4 Å². The second-order valence-electron chi connectivity index (χ2n) is 5.64. The molecule has 23 heavy (non-hydrogen) atoms. The quantitative estimate of drug-likeness (QED) is 0.921. The predicted molar refractivity (Wildman–Crippen MR) is 91.0 cm³/mol. The first-order valence-corrected chi connectivity index (χ1v) is 7.96. The standard InChI is InChI=1S/C18H22N2O3/c1-14(21)19-17-6-7-18(16-5-3-2-4-15(16)17)23-13-10-20-8-11-22-12-9-20/h2-7H,8-13H2,1H3,(H,19,21). The van der Waals surface area contributed by atoms with Crippen molar-refractivity contribution in [3.63, 3.8) is 0 Å². The molecule has 1 amide bonds. The largest absolute Gasteiger partial charge is 0.492 e. The molecular weight excluding hydrogens is 292 g/mol. The molecule has 1 saturated heterocycles. The summed E-state index contributed by atoms with van der Waals surface area (Å²) in [5.41, 5.74) is 0.814. The number of carbonyl (C=O) groups is 1. The molecule has 0 atom stereocenters. The highest BCUT2D eigenvalue weighted by molar-refractivity contribution is 6.03. The summed E-state index contributed by atoms with van der Waals surface area (Å²) in [6.07, 6.45) is 0. The number of nitrogens with one attached hydrogen (secondary N) is 1. The van der Waals surface area contributed by atoms with E-state index < -0.39 is 0 Å². The Hall–Kier alpha value is -2.11. The van der Waals surface area contributed by atoms with Crippen LogP contribution in [0.5, 0.6) is 5.75 Å². The van der Waals surface area contributed by atoms with Gasteiger partial charge in [-0.15, -0.1) is 0 Å². The third-order valence-electron chi connectivity index (χ3n) is 3.96. The van der Waals surface area contributed by atoms with E-state index in [0.29, 0.717) is 6.61 Å². The van der Waals surface area contributed by atoms with Gasteiger partial charge in [-0.2, -0.15) is 0 Å². The van der Waals surface area contributed by atoms with Crippen LogP contribution in [0.2, 0.25) is 0 Å². The van der Waals surface area contributed by atoms with Crippen LogP contribution in [-0.2, 0) is 9.53 Å². The van der Waals surface area contributed by atoms with Crippen molar-refractivity contribution in [3.8, 4) is 5.75 Å². The average Bonchev–Trinajstić information content (AvgIpc) is 2.57. The highest BCUT2D eigenvalue weighted by Crippen LogP contribution is 2.31. The molecule has 3 rings (SSSR count). The van der Waals surface area contributed by atoms with Crippen LogP contribution < -0.4 is 10.1 Å². The smallest absolute Gasteiger partial charge is 0.221 e. The zero-order valence-corrected chi connectivity index (χ0v) is 13.4. The number of anilines is 1. The molecule has 0 aromatic heterocycles. The van der Waals surface area contributed by atoms with Crippen molar-refractivity contribution in [2.45, 2.75) is 6.92 Å². The van der Waals surface area contributed by atoms with Gasteiger partial charge in [-0.05, 0) is 12.1 Å². The Kier molecular flexibility index (Phi) is 5.10. The van der Waals surface area contributed by atoms with Gasteiger partial charge in [0.1, 0.15) is 12.4 Å². The Morgan fingerprint density at radius 3 is 2.65 bits per heavy atom. The van der Waals surface area contributed by atoms with E-state index in [2.05, 4.69) is 10.2 Å². The molecule has 1 aliphatic heterocycles. The number of fused-ring (bicyclic) bond motifs is 1. The van der Waals surface area contributed by atoms with Gasteiger partial charge >= 0.3 is 0 Å². The topological polar surface area (TPSA) is 50.8 Å². The number of carbonyl (C=O) groups excluding carboxylic acids is 1. The summed E-state index contributed by atoms with van der Waals surface area (Å²) < 4.78 is 11.3. The Morgan fingerprint density at radius 1 is 1.17 bits per heavy atom. The lowest BCUT2D eigenvalue weighted by molar-refractivity contribution is -0.114. The van der Waals surface area contributed by atoms with E-state index in [1.54, 1.807) is 0 Å². The Bertz CT molecular complexity index is 681. The van der Waals surface area contributed by atoms with Crippen LogP contribution in [0.15, 0.2) is 36.4 Å². The molecule has 0 bridgehead atoms. The van der Waals surface area contributed by atoms with Gasteiger partial charge < -0.3 is 14.8 Å². The third-order valence-corrected chi connectivity index (χ3v) is 3.96. The van der Waals surface area contributed by atoms with Crippen LogP contribution >= 0.6 is 0 Å². The molecule has 0 aliphatic carbocycles. The summed E-state index contributed by atoms with van der Waals surface area (Å²) in [5, 5.41) is 4.87. The summed E-state index contributed by atoms with van der Waals surface area (Å²) in [7, 11) is 0. The number of amides is 1. The van der Waals surface area contributed by atoms with Gasteiger partial charge in [-0.25, -0.2) is 0 Å². The van der Waals surface area contributed by atoms with Gasteiger partial charge in [0.05, 0.1) is 13.2 Å². The van der Waals surface area contributed by atoms with Crippen molar-refractivity contribution < 1.29 is 14.3 Å². The summed E-state index contributed by atoms with van der Waals surface area (Å²) in [6.45, 7) is 6.58. The average molecular weight is 314 g/mol. The molecule has 5 heteroatoms. The second kappa shape index (κ2) is 7.44. The minimum Gasteiger partial charge on any atom is -0.492 e. The lowest BCUT2D eigenvalue weighted by Crippen LogP contribution is -2.38. The van der Waals surface area contributed by atoms with E-state index in [1.165, 1.54) is 6.92 Å². The maximum Gasteiger partial charge on any atom is 0.221 e. The molecule has 2 aromatic carbocycles. The van der Waals surface area contributed by atoms with Crippen molar-refractivity contribution in [2.75, 3.05) is 44.8 Å². The molecule has 1 fully saturated rings. The van der Waals surface area contributed by atoms with Gasteiger partial charge in [-0.1, -0.05) is 24.3 Å². The van der Waals surface area contributed by atoms with Gasteiger partial charge in [0.25, 0.3) is 0 Å². The summed E-state index contributed by atoms with van der Waals surface area (Å²) in [5.74, 6) is 0.777. The van der Waals surface area contributed by atoms with Crippen molar-refractivity contribution in [2.24, 2.45) is 0 Å². The minimum atomic E-state index is -0.0730. The minimum absolute atomic E-state index is 0.0730. The number of hydrogen-bond acceptors (Lipinski definition) is 4. The molecule has 2 aromatic rings. The van der Waals surface area contributed by atoms with Gasteiger partial charge in [-0.3, -0.25) is 9.69 Å². The maximum atomic E-state index is 11.3. The number of ether oxygens (including phenoxy) is 2. The zero-order chi connectivity index (χ0) is 16.1. The number of morpholine rings is 1. The molecule has 0 saturated carbocycles. The number of benzene rings is 2. The van der Waals surface area contributed by atoms with E-state index in [0.717, 1.165) is 55.1 Å². The summed E-state index contributed by atoms with van der Waals surface area (Å²) in [6, 6.07) is 11.8. The van der Waals surface area contributed by atoms with Crippen LogP contribution in [0.1, 0.15) is 6.92 Å². The first-order valence-electron chi connectivity index (χ1n) is 7.96. The highest BCUT2D eigenvalue weighted by atomic mass is 16.5. The Morgan fingerprint density at radius 2 is 1.91 bits per heavy atom. The van der Waals surface area contributed by atoms with Crippen LogP contribution in [0.4, 0.5) is 5.69 Å². The molecule has 1 heterocycles. The molecule has 1 aliphatic rings. The molecule has 5 nitrogen and oxygen atoms in total. The van der Waals surface area contributed by atoms with Crippen LogP contribution in [0.25, 0.3) is 10.8 Å². The van der Waals surface area contributed by atoms with Gasteiger partial charge in [0, 0.05) is 43.0 Å². The predicted octanol–water partition coefficient (Wildman–Crippen LogP) is 2.51. The second-order valence-corrected chi connectivity index (χ2v) is 5.64. The molecule has 0 spiro atoms. The molecule has 1 N–H and O–H groups in total. The lowest BCUT2D eigenvalue weighted by Gasteiger charge is -2.26. The highest BCUT2D eigenvalue weighted by Gasteiger charge is 2.11. The van der Waals surface area contributed by atoms with E-state index in [9.17, 15) is 4.79 Å². The van der Waals surface area contributed by atoms with Crippen LogP contribution in [-0.4, -0.2) is 50.3 Å². The monoisotopic (exact) mass is 314 g/mol. The number of hydrogen-bond donors (Lipinski definition) is 1. The third kappa shape index (κ3) is 4.00. The summed E-state index contributed by atoms with van der Waals surface area (Å²) in [4.78, 5) is 13.7. The number of rotatable bonds is 5. The van der Waals surface area contributed by atoms with Crippen molar-refractivity contribution in [1.82, 2.24) is 4.90 Å². The molecule has 0 radical (unpaired) electrons. The normalized spacial score (nSPS) is 15.5. The van der Waals surface area contributed by atoms with E-state index in [4.69, 9.17) is 9.47 Å². The molecule has 0 unspecified atom stereocenters. The molecule has 122 valence electrons. The van der Waals surface area contributed by atoms with Gasteiger partial charge in [0.2, 0.25) is 5.91 Å². The molecular formula is C18H22N2O3. The van der Waals surface area contributed by atoms with Crippen molar-refractivity contribution in [3.05, 3.63) is 36.4 Å². The fraction of sp³-hybridized carbons (Fsp3) is 0.389. The Balaban J connectivity index is 1.72. The SMILES string of the molecule is CC(=O)Nc1ccc(OCCN2CCOCC2)c2ccccc12. The van der Waals surface area contributed by atoms with Crippen LogP contribution in [0, 0.1) is 0 Å². The summed E-state index contributed by atoms with van der Waals surface area (Å²) >= 11 is 0. The van der Waals surface area contributed by atoms with E-state index >= 15 is 0 Å². The first kappa shape index (κ1) is 15.8. The fourth-order valence-electron chi connectivity index (χ4n) is 2.81. The lowest BCUT2D eigenvalue weighted by atomic mass is 10.1. The van der Waals surface area contributed by atoms with Crippen molar-refractivity contribution in [1.29, 1.82) is 0 Å². The fourth-order valence-corrected chi connectivity index (χ4v) is 2.81. The maximum absolute atomic E-state index is 11.3. The number of nitrogens with zero attached hydrogens (tertiary/aromatic N) is 1. The van der Waals surface area contributed by atoms with E-state index in [1.807, 2.05) is 36.4 Å². The Labute approximate surface area is 136 Å².